The predicted octanol–water partition coefficient (Wildman–Crippen LogP) is 3.52. The Balaban J connectivity index is 1.60. The van der Waals surface area contributed by atoms with Crippen LogP contribution in [0.15, 0.2) is 42.7 Å². The lowest BCUT2D eigenvalue weighted by Gasteiger charge is -2.13. The molecular formula is C25H32N8O. The summed E-state index contributed by atoms with van der Waals surface area (Å²) in [5.41, 5.74) is 2.92. The number of benzene rings is 1. The predicted molar refractivity (Wildman–Crippen MR) is 136 cm³/mol. The molecule has 34 heavy (non-hydrogen) atoms. The number of hydrogen-bond donors (Lipinski definition) is 3. The van der Waals surface area contributed by atoms with Crippen LogP contribution >= 0.6 is 0 Å². The molecule has 2 aromatic heterocycles. The molecule has 0 aliphatic carbocycles. The molecule has 2 amide bonds. The van der Waals surface area contributed by atoms with E-state index in [2.05, 4.69) is 68.5 Å². The van der Waals surface area contributed by atoms with Gasteiger partial charge in [-0.05, 0) is 32.3 Å². The van der Waals surface area contributed by atoms with E-state index < -0.39 is 0 Å². The highest BCUT2D eigenvalue weighted by molar-refractivity contribution is 5.99. The maximum absolute atomic E-state index is 12.5. The molecule has 2 heterocycles. The molecule has 0 aliphatic rings. The number of aryl methyl sites for hydroxylation is 1. The molecule has 1 aromatic carbocycles. The minimum atomic E-state index is -0.348. The lowest BCUT2D eigenvalue weighted by atomic mass is 9.92. The number of nitrogens with one attached hydrogen (secondary N) is 3. The van der Waals surface area contributed by atoms with Crippen molar-refractivity contribution in [2.45, 2.75) is 26.2 Å². The Bertz CT molecular complexity index is 1180. The van der Waals surface area contributed by atoms with E-state index in [0.717, 1.165) is 24.3 Å². The average Bonchev–Trinajstić information content (AvgIpc) is 3.14. The molecule has 3 aromatic rings. The molecule has 0 atom stereocenters. The number of aromatic nitrogens is 4. The maximum Gasteiger partial charge on any atom is 0.324 e. The van der Waals surface area contributed by atoms with Crippen molar-refractivity contribution in [3.63, 3.8) is 0 Å². The second-order valence-corrected chi connectivity index (χ2v) is 9.22. The normalized spacial score (nSPS) is 11.0. The van der Waals surface area contributed by atoms with Gasteiger partial charge in [-0.2, -0.15) is 5.10 Å². The van der Waals surface area contributed by atoms with Crippen molar-refractivity contribution in [1.29, 1.82) is 0 Å². The number of rotatable bonds is 6. The van der Waals surface area contributed by atoms with E-state index in [1.165, 1.54) is 0 Å². The van der Waals surface area contributed by atoms with Crippen LogP contribution in [-0.4, -0.2) is 57.9 Å². The fourth-order valence-electron chi connectivity index (χ4n) is 2.92. The molecular weight excluding hydrogens is 428 g/mol. The van der Waals surface area contributed by atoms with Crippen molar-refractivity contribution >= 4 is 23.5 Å². The van der Waals surface area contributed by atoms with Crippen molar-refractivity contribution < 1.29 is 4.79 Å². The molecule has 178 valence electrons. The van der Waals surface area contributed by atoms with Crippen molar-refractivity contribution in [1.82, 2.24) is 24.6 Å². The number of nitrogens with zero attached hydrogens (tertiary/aromatic N) is 5. The molecule has 0 saturated heterocycles. The average molecular weight is 461 g/mol. The standard InChI is InChI=1S/C25H32N8O/c1-25(2,3)21-15-22(33(6)31-21)30-24(34)29-20-9-7-8-18(14-20)10-11-19-16-27-23(28-17-19)26-12-13-32(4)5/h7-9,14-17H,12-13H2,1-6H3,(H,26,27,28)(H2,29,30,34). The highest BCUT2D eigenvalue weighted by Crippen LogP contribution is 2.23. The number of anilines is 3. The third kappa shape index (κ3) is 7.32. The van der Waals surface area contributed by atoms with Gasteiger partial charge < -0.3 is 15.5 Å². The van der Waals surface area contributed by atoms with E-state index >= 15 is 0 Å². The van der Waals surface area contributed by atoms with E-state index in [9.17, 15) is 4.79 Å². The topological polar surface area (TPSA) is 100 Å². The van der Waals surface area contributed by atoms with Gasteiger partial charge in [-0.3, -0.25) is 10.00 Å². The van der Waals surface area contributed by atoms with E-state index in [1.807, 2.05) is 44.4 Å². The third-order valence-electron chi connectivity index (χ3n) is 4.86. The van der Waals surface area contributed by atoms with Gasteiger partial charge in [-0.15, -0.1) is 0 Å². The van der Waals surface area contributed by atoms with Crippen molar-refractivity contribution in [3.8, 4) is 11.8 Å². The molecule has 0 aliphatic heterocycles. The molecule has 0 unspecified atom stereocenters. The summed E-state index contributed by atoms with van der Waals surface area (Å²) in [7, 11) is 5.83. The van der Waals surface area contributed by atoms with Gasteiger partial charge >= 0.3 is 6.03 Å². The molecule has 0 radical (unpaired) electrons. The largest absolute Gasteiger partial charge is 0.353 e. The Hall–Kier alpha value is -3.90. The van der Waals surface area contributed by atoms with Crippen LogP contribution in [0.25, 0.3) is 0 Å². The Morgan fingerprint density at radius 3 is 2.41 bits per heavy atom. The first kappa shape index (κ1) is 24.7. The summed E-state index contributed by atoms with van der Waals surface area (Å²) in [6, 6.07) is 8.88. The van der Waals surface area contributed by atoms with Gasteiger partial charge in [0, 0.05) is 55.3 Å². The van der Waals surface area contributed by atoms with Crippen LogP contribution in [0.3, 0.4) is 0 Å². The second kappa shape index (κ2) is 10.8. The van der Waals surface area contributed by atoms with Crippen LogP contribution in [0.5, 0.6) is 0 Å². The van der Waals surface area contributed by atoms with Crippen molar-refractivity contribution in [2.24, 2.45) is 7.05 Å². The number of carbonyl (C=O) groups is 1. The fourth-order valence-corrected chi connectivity index (χ4v) is 2.92. The summed E-state index contributed by atoms with van der Waals surface area (Å²) in [5, 5.41) is 13.3. The van der Waals surface area contributed by atoms with Crippen molar-refractivity contribution in [3.05, 3.63) is 59.5 Å². The van der Waals surface area contributed by atoms with Gasteiger partial charge in [-0.1, -0.05) is 38.7 Å². The molecule has 3 rings (SSSR count). The quantitative estimate of drug-likeness (QED) is 0.487. The van der Waals surface area contributed by atoms with Crippen LogP contribution in [0.1, 0.15) is 37.6 Å². The lowest BCUT2D eigenvalue weighted by Crippen LogP contribution is -2.21. The minimum absolute atomic E-state index is 0.102. The van der Waals surface area contributed by atoms with Gasteiger partial charge in [0.05, 0.1) is 11.3 Å². The van der Waals surface area contributed by atoms with Gasteiger partial charge in [0.1, 0.15) is 5.82 Å². The number of carbonyl (C=O) groups excluding carboxylic acids is 1. The Kier molecular flexibility index (Phi) is 7.87. The van der Waals surface area contributed by atoms with Crippen LogP contribution in [-0.2, 0) is 12.5 Å². The van der Waals surface area contributed by atoms with Gasteiger partial charge in [0.15, 0.2) is 0 Å². The summed E-state index contributed by atoms with van der Waals surface area (Å²) in [4.78, 5) is 23.2. The van der Waals surface area contributed by atoms with E-state index in [-0.39, 0.29) is 11.4 Å². The Morgan fingerprint density at radius 1 is 1.06 bits per heavy atom. The highest BCUT2D eigenvalue weighted by atomic mass is 16.2. The molecule has 9 heteroatoms. The number of urea groups is 1. The third-order valence-corrected chi connectivity index (χ3v) is 4.86. The molecule has 3 N–H and O–H groups in total. The fraction of sp³-hybridized carbons (Fsp3) is 0.360. The number of likely N-dealkylation sites (N-methyl/N-ethyl adjacent to an activating group) is 1. The molecule has 0 bridgehead atoms. The number of hydrogen-bond acceptors (Lipinski definition) is 6. The zero-order valence-electron chi connectivity index (χ0n) is 20.6. The minimum Gasteiger partial charge on any atom is -0.353 e. The highest BCUT2D eigenvalue weighted by Gasteiger charge is 2.19. The summed E-state index contributed by atoms with van der Waals surface area (Å²) in [5.74, 6) is 7.34. The van der Waals surface area contributed by atoms with Crippen LogP contribution < -0.4 is 16.0 Å². The van der Waals surface area contributed by atoms with Gasteiger partial charge in [0.25, 0.3) is 0 Å². The summed E-state index contributed by atoms with van der Waals surface area (Å²) >= 11 is 0. The molecule has 0 fully saturated rings. The first-order valence-corrected chi connectivity index (χ1v) is 11.1. The second-order valence-electron chi connectivity index (χ2n) is 9.22. The molecule has 0 saturated carbocycles. The van der Waals surface area contributed by atoms with Gasteiger partial charge in [0.2, 0.25) is 5.95 Å². The van der Waals surface area contributed by atoms with E-state index in [1.54, 1.807) is 24.1 Å². The van der Waals surface area contributed by atoms with Crippen molar-refractivity contribution in [2.75, 3.05) is 43.1 Å². The van der Waals surface area contributed by atoms with E-state index in [4.69, 9.17) is 0 Å². The SMILES string of the molecule is CN(C)CCNc1ncc(C#Cc2cccc(NC(=O)Nc3cc(C(C)(C)C)nn3C)c2)cn1. The smallest absolute Gasteiger partial charge is 0.324 e. The van der Waals surface area contributed by atoms with Crippen LogP contribution in [0.4, 0.5) is 22.2 Å². The monoisotopic (exact) mass is 460 g/mol. The van der Waals surface area contributed by atoms with Gasteiger partial charge in [-0.25, -0.2) is 14.8 Å². The molecule has 9 nitrogen and oxygen atoms in total. The Labute approximate surface area is 201 Å². The number of amides is 2. The zero-order chi connectivity index (χ0) is 24.7. The maximum atomic E-state index is 12.5. The molecule has 0 spiro atoms. The lowest BCUT2D eigenvalue weighted by molar-refractivity contribution is 0.262. The summed E-state index contributed by atoms with van der Waals surface area (Å²) in [6.07, 6.45) is 3.38. The summed E-state index contributed by atoms with van der Waals surface area (Å²) < 4.78 is 1.66. The van der Waals surface area contributed by atoms with Crippen LogP contribution in [0, 0.1) is 11.8 Å². The van der Waals surface area contributed by atoms with E-state index in [0.29, 0.717) is 23.0 Å². The first-order valence-electron chi connectivity index (χ1n) is 11.1. The first-order chi connectivity index (χ1) is 16.1. The summed E-state index contributed by atoms with van der Waals surface area (Å²) in [6.45, 7) is 7.90. The Morgan fingerprint density at radius 2 is 1.76 bits per heavy atom. The van der Waals surface area contributed by atoms with Crippen LogP contribution in [0.2, 0.25) is 0 Å². The zero-order valence-corrected chi connectivity index (χ0v) is 20.6.